The van der Waals surface area contributed by atoms with Crippen molar-refractivity contribution in [1.29, 1.82) is 0 Å². The minimum absolute atomic E-state index is 0.00733. The van der Waals surface area contributed by atoms with E-state index in [2.05, 4.69) is 49.8 Å². The number of likely N-dealkylation sites (N-methyl/N-ethyl adjacent to an activating group) is 1. The molecule has 0 bridgehead atoms. The molecule has 0 saturated heterocycles. The lowest BCUT2D eigenvalue weighted by Gasteiger charge is -2.33. The number of hydrogen-bond donors (Lipinski definition) is 2. The van der Waals surface area contributed by atoms with Gasteiger partial charge in [-0.25, -0.2) is 9.97 Å². The van der Waals surface area contributed by atoms with E-state index in [1.807, 2.05) is 0 Å². The lowest BCUT2D eigenvalue weighted by molar-refractivity contribution is -0.118. The highest BCUT2D eigenvalue weighted by Gasteiger charge is 2.31. The Morgan fingerprint density at radius 1 is 1.30 bits per heavy atom. The summed E-state index contributed by atoms with van der Waals surface area (Å²) in [6, 6.07) is 0. The van der Waals surface area contributed by atoms with E-state index in [0.29, 0.717) is 34.6 Å². The van der Waals surface area contributed by atoms with Crippen molar-refractivity contribution in [3.05, 3.63) is 10.4 Å². The molecule has 1 amide bonds. The molecule has 0 fully saturated rings. The van der Waals surface area contributed by atoms with Crippen molar-refractivity contribution >= 4 is 45.0 Å². The van der Waals surface area contributed by atoms with E-state index >= 15 is 0 Å². The molecule has 0 aromatic carbocycles. The molecule has 2 aromatic rings. The number of aryl methyl sites for hydroxylation is 1. The molecule has 30 heavy (non-hydrogen) atoms. The van der Waals surface area contributed by atoms with Crippen molar-refractivity contribution in [3.8, 4) is 0 Å². The fourth-order valence-electron chi connectivity index (χ4n) is 4.06. The number of nitrogens with one attached hydrogen (secondary N) is 1. The first-order valence-corrected chi connectivity index (χ1v) is 12.7. The average molecular weight is 450 g/mol. The number of nitrogens with two attached hydrogens (primary N) is 1. The van der Waals surface area contributed by atoms with Gasteiger partial charge in [0.1, 0.15) is 10.6 Å². The van der Waals surface area contributed by atoms with E-state index < -0.39 is 0 Å². The summed E-state index contributed by atoms with van der Waals surface area (Å²) in [6.07, 6.45) is 3.33. The summed E-state index contributed by atoms with van der Waals surface area (Å²) >= 11 is 3.11. The van der Waals surface area contributed by atoms with E-state index in [0.717, 1.165) is 42.7 Å². The molecule has 0 aliphatic heterocycles. The Morgan fingerprint density at radius 3 is 2.70 bits per heavy atom. The minimum atomic E-state index is 0.00733. The van der Waals surface area contributed by atoms with Gasteiger partial charge in [-0.05, 0) is 49.2 Å². The van der Waals surface area contributed by atoms with Gasteiger partial charge in [-0.3, -0.25) is 4.79 Å². The number of carbonyl (C=O) groups is 1. The Hall–Kier alpha value is -1.38. The second kappa shape index (κ2) is 9.83. The summed E-state index contributed by atoms with van der Waals surface area (Å²) in [4.78, 5) is 26.1. The summed E-state index contributed by atoms with van der Waals surface area (Å²) in [5, 5.41) is 4.60. The lowest BCUT2D eigenvalue weighted by Crippen LogP contribution is -2.35. The van der Waals surface area contributed by atoms with Crippen molar-refractivity contribution in [2.75, 3.05) is 37.7 Å². The van der Waals surface area contributed by atoms with E-state index in [1.165, 1.54) is 28.6 Å². The fourth-order valence-corrected chi connectivity index (χ4v) is 6.11. The smallest absolute Gasteiger partial charge is 0.230 e. The molecule has 0 saturated carbocycles. The summed E-state index contributed by atoms with van der Waals surface area (Å²) in [5.41, 5.74) is 7.99. The quantitative estimate of drug-likeness (QED) is 0.468. The Labute approximate surface area is 188 Å². The van der Waals surface area contributed by atoms with E-state index in [4.69, 9.17) is 10.7 Å². The van der Waals surface area contributed by atoms with Crippen molar-refractivity contribution < 1.29 is 4.79 Å². The number of carbonyl (C=O) groups excluding carboxylic acids is 1. The Kier molecular flexibility index (Phi) is 7.63. The zero-order valence-corrected chi connectivity index (χ0v) is 20.5. The molecule has 1 aliphatic carbocycles. The first-order chi connectivity index (χ1) is 14.2. The number of thioether (sulfide) groups is 1. The number of aromatic nitrogens is 2. The second-order valence-electron chi connectivity index (χ2n) is 9.05. The van der Waals surface area contributed by atoms with Gasteiger partial charge in [0, 0.05) is 18.0 Å². The predicted octanol–water partition coefficient (Wildman–Crippen LogP) is 3.97. The number of rotatable bonds is 8. The molecule has 1 aliphatic rings. The minimum Gasteiger partial charge on any atom is -0.383 e. The van der Waals surface area contributed by atoms with Crippen LogP contribution in [0.2, 0.25) is 0 Å². The van der Waals surface area contributed by atoms with E-state index in [1.54, 1.807) is 11.3 Å². The largest absolute Gasteiger partial charge is 0.383 e. The third-order valence-electron chi connectivity index (χ3n) is 6.12. The third kappa shape index (κ3) is 5.45. The topological polar surface area (TPSA) is 84.1 Å². The van der Waals surface area contributed by atoms with Crippen molar-refractivity contribution in [1.82, 2.24) is 20.2 Å². The molecule has 2 aromatic heterocycles. The number of nitrogens with zero attached hydrogens (tertiary/aromatic N) is 3. The van der Waals surface area contributed by atoms with Gasteiger partial charge in [-0.2, -0.15) is 0 Å². The van der Waals surface area contributed by atoms with Gasteiger partial charge >= 0.3 is 0 Å². The number of fused-ring (bicyclic) bond motifs is 3. The highest BCUT2D eigenvalue weighted by Crippen LogP contribution is 2.44. The summed E-state index contributed by atoms with van der Waals surface area (Å²) < 4.78 is 0. The number of nitrogen functional groups attached to an aromatic ring is 1. The van der Waals surface area contributed by atoms with Crippen LogP contribution in [0.1, 0.15) is 51.5 Å². The molecule has 6 nitrogen and oxygen atoms in total. The first-order valence-electron chi connectivity index (χ1n) is 10.9. The number of anilines is 1. The standard InChI is InChI=1S/C22H35N5OS2/c1-6-27(7-2)11-10-24-17(28)13-29-21-25-19(23)18-15-9-8-14(22(3,4)5)12-16(15)30-20(18)26-21/h14H,6-13H2,1-5H3,(H,24,28)(H2,23,25,26). The van der Waals surface area contributed by atoms with Crippen LogP contribution in [0.5, 0.6) is 0 Å². The first kappa shape index (κ1) is 23.3. The van der Waals surface area contributed by atoms with Gasteiger partial charge in [0.15, 0.2) is 5.16 Å². The van der Waals surface area contributed by atoms with Gasteiger partial charge in [-0.15, -0.1) is 11.3 Å². The summed E-state index contributed by atoms with van der Waals surface area (Å²) in [5.74, 6) is 1.55. The summed E-state index contributed by atoms with van der Waals surface area (Å²) in [6.45, 7) is 14.8. The van der Waals surface area contributed by atoms with Gasteiger partial charge in [0.05, 0.1) is 11.1 Å². The SMILES string of the molecule is CCN(CC)CCNC(=O)CSc1nc(N)c2c3c(sc2n1)CC(C(C)(C)C)CC3. The van der Waals surface area contributed by atoms with Crippen LogP contribution in [-0.2, 0) is 17.6 Å². The number of hydrogen-bond acceptors (Lipinski definition) is 7. The molecule has 8 heteroatoms. The molecular weight excluding hydrogens is 414 g/mol. The maximum Gasteiger partial charge on any atom is 0.230 e. The second-order valence-corrected chi connectivity index (χ2v) is 11.1. The van der Waals surface area contributed by atoms with Crippen molar-refractivity contribution in [2.45, 2.75) is 59.0 Å². The van der Waals surface area contributed by atoms with Gasteiger partial charge in [0.2, 0.25) is 5.91 Å². The number of thiophene rings is 1. The Morgan fingerprint density at radius 2 is 2.03 bits per heavy atom. The Balaban J connectivity index is 1.64. The maximum atomic E-state index is 12.2. The predicted molar refractivity (Wildman–Crippen MR) is 128 cm³/mol. The fraction of sp³-hybridized carbons (Fsp3) is 0.682. The van der Waals surface area contributed by atoms with Crippen molar-refractivity contribution in [3.63, 3.8) is 0 Å². The molecule has 3 rings (SSSR count). The van der Waals surface area contributed by atoms with Crippen LogP contribution in [0.3, 0.4) is 0 Å². The van der Waals surface area contributed by atoms with Crippen LogP contribution in [0.15, 0.2) is 5.16 Å². The highest BCUT2D eigenvalue weighted by atomic mass is 32.2. The van der Waals surface area contributed by atoms with Crippen LogP contribution in [0, 0.1) is 11.3 Å². The monoisotopic (exact) mass is 449 g/mol. The van der Waals surface area contributed by atoms with E-state index in [-0.39, 0.29) is 5.91 Å². The molecule has 0 radical (unpaired) electrons. The average Bonchev–Trinajstić information content (AvgIpc) is 3.07. The summed E-state index contributed by atoms with van der Waals surface area (Å²) in [7, 11) is 0. The Bertz CT molecular complexity index is 886. The molecule has 1 atom stereocenters. The van der Waals surface area contributed by atoms with Crippen LogP contribution < -0.4 is 11.1 Å². The molecule has 2 heterocycles. The highest BCUT2D eigenvalue weighted by molar-refractivity contribution is 7.99. The van der Waals surface area contributed by atoms with Crippen LogP contribution >= 0.6 is 23.1 Å². The van der Waals surface area contributed by atoms with Crippen LogP contribution in [0.4, 0.5) is 5.82 Å². The maximum absolute atomic E-state index is 12.2. The zero-order chi connectivity index (χ0) is 21.9. The molecule has 0 spiro atoms. The molecular formula is C22H35N5OS2. The van der Waals surface area contributed by atoms with Gasteiger partial charge in [0.25, 0.3) is 0 Å². The molecule has 1 unspecified atom stereocenters. The molecule has 166 valence electrons. The lowest BCUT2D eigenvalue weighted by atomic mass is 9.72. The van der Waals surface area contributed by atoms with Crippen molar-refractivity contribution in [2.24, 2.45) is 11.3 Å². The van der Waals surface area contributed by atoms with E-state index in [9.17, 15) is 4.79 Å². The number of amides is 1. The van der Waals surface area contributed by atoms with Gasteiger partial charge in [-0.1, -0.05) is 46.4 Å². The van der Waals surface area contributed by atoms with Crippen LogP contribution in [-0.4, -0.2) is 52.7 Å². The molecule has 3 N–H and O–H groups in total. The van der Waals surface area contributed by atoms with Crippen LogP contribution in [0.25, 0.3) is 10.2 Å². The zero-order valence-electron chi connectivity index (χ0n) is 18.9. The van der Waals surface area contributed by atoms with Gasteiger partial charge < -0.3 is 16.0 Å². The normalized spacial score (nSPS) is 16.8. The third-order valence-corrected chi connectivity index (χ3v) is 8.11.